The Morgan fingerprint density at radius 3 is 2.60 bits per heavy atom. The molecule has 0 unspecified atom stereocenters. The third-order valence-electron chi connectivity index (χ3n) is 2.63. The average Bonchev–Trinajstić information content (AvgIpc) is 2.43. The minimum absolute atomic E-state index is 0.0136. The molecule has 1 aromatic carbocycles. The predicted molar refractivity (Wildman–Crippen MR) is 74.2 cm³/mol. The van der Waals surface area contributed by atoms with E-state index in [1.165, 1.54) is 18.5 Å². The zero-order valence-electron chi connectivity index (χ0n) is 10.5. The van der Waals surface area contributed by atoms with Crippen LogP contribution in [0.5, 0.6) is 0 Å². The van der Waals surface area contributed by atoms with Crippen molar-refractivity contribution in [2.24, 2.45) is 4.99 Å². The van der Waals surface area contributed by atoms with E-state index in [-0.39, 0.29) is 17.2 Å². The highest BCUT2D eigenvalue weighted by Gasteiger charge is 2.08. The van der Waals surface area contributed by atoms with E-state index >= 15 is 0 Å². The SMILES string of the molecule is CC(=Nc1c(N)nc[nH]c1=O)c1ccc([N+](=O)[O-])cc1. The van der Waals surface area contributed by atoms with E-state index in [0.29, 0.717) is 11.3 Å². The molecule has 20 heavy (non-hydrogen) atoms. The number of nitrogens with zero attached hydrogens (tertiary/aromatic N) is 3. The van der Waals surface area contributed by atoms with Gasteiger partial charge in [-0.1, -0.05) is 0 Å². The molecule has 0 saturated heterocycles. The molecule has 0 spiro atoms. The summed E-state index contributed by atoms with van der Waals surface area (Å²) < 4.78 is 0. The van der Waals surface area contributed by atoms with Gasteiger partial charge in [-0.3, -0.25) is 14.9 Å². The lowest BCUT2D eigenvalue weighted by atomic mass is 10.1. The van der Waals surface area contributed by atoms with Gasteiger partial charge in [-0.2, -0.15) is 0 Å². The fraction of sp³-hybridized carbons (Fsp3) is 0.0833. The highest BCUT2D eigenvalue weighted by molar-refractivity contribution is 6.00. The molecule has 0 aliphatic rings. The normalized spacial score (nSPS) is 11.3. The minimum atomic E-state index is -0.486. The lowest BCUT2D eigenvalue weighted by Crippen LogP contribution is -2.10. The van der Waals surface area contributed by atoms with Crippen molar-refractivity contribution in [1.29, 1.82) is 0 Å². The van der Waals surface area contributed by atoms with Crippen LogP contribution in [0.25, 0.3) is 0 Å². The lowest BCUT2D eigenvalue weighted by Gasteiger charge is -2.02. The molecule has 8 nitrogen and oxygen atoms in total. The highest BCUT2D eigenvalue weighted by atomic mass is 16.6. The van der Waals surface area contributed by atoms with Crippen molar-refractivity contribution in [1.82, 2.24) is 9.97 Å². The van der Waals surface area contributed by atoms with Crippen LogP contribution in [0.2, 0.25) is 0 Å². The molecule has 0 amide bonds. The van der Waals surface area contributed by atoms with Crippen molar-refractivity contribution in [3.05, 3.63) is 56.6 Å². The molecule has 2 aromatic rings. The Hall–Kier alpha value is -3.03. The zero-order chi connectivity index (χ0) is 14.7. The quantitative estimate of drug-likeness (QED) is 0.496. The van der Waals surface area contributed by atoms with E-state index < -0.39 is 10.5 Å². The molecule has 0 saturated carbocycles. The number of nitrogens with two attached hydrogens (primary N) is 1. The Morgan fingerprint density at radius 1 is 1.40 bits per heavy atom. The Labute approximate surface area is 113 Å². The largest absolute Gasteiger partial charge is 0.382 e. The molecule has 0 aliphatic carbocycles. The number of hydrogen-bond donors (Lipinski definition) is 2. The van der Waals surface area contributed by atoms with Crippen molar-refractivity contribution < 1.29 is 4.92 Å². The molecule has 1 heterocycles. The number of H-pyrrole nitrogens is 1. The third-order valence-corrected chi connectivity index (χ3v) is 2.63. The third kappa shape index (κ3) is 2.69. The van der Waals surface area contributed by atoms with Gasteiger partial charge in [0.15, 0.2) is 11.5 Å². The Morgan fingerprint density at radius 2 is 2.05 bits per heavy atom. The number of nitro benzene ring substituents is 1. The maximum atomic E-state index is 11.6. The monoisotopic (exact) mass is 273 g/mol. The summed E-state index contributed by atoms with van der Waals surface area (Å²) in [5.74, 6) is 0.0232. The first-order chi connectivity index (χ1) is 9.49. The van der Waals surface area contributed by atoms with Crippen LogP contribution in [0.15, 0.2) is 40.4 Å². The minimum Gasteiger partial charge on any atom is -0.382 e. The van der Waals surface area contributed by atoms with E-state index in [2.05, 4.69) is 15.0 Å². The van der Waals surface area contributed by atoms with Gasteiger partial charge in [0.1, 0.15) is 0 Å². The fourth-order valence-electron chi connectivity index (χ4n) is 1.57. The van der Waals surface area contributed by atoms with E-state index in [0.717, 1.165) is 0 Å². The van der Waals surface area contributed by atoms with Crippen LogP contribution in [0.4, 0.5) is 17.2 Å². The number of nitrogens with one attached hydrogen (secondary N) is 1. The van der Waals surface area contributed by atoms with E-state index in [1.54, 1.807) is 19.1 Å². The maximum absolute atomic E-state index is 11.6. The van der Waals surface area contributed by atoms with E-state index in [4.69, 9.17) is 5.73 Å². The van der Waals surface area contributed by atoms with Crippen molar-refractivity contribution in [2.45, 2.75) is 6.92 Å². The molecule has 0 radical (unpaired) electrons. The second-order valence-corrected chi connectivity index (χ2v) is 3.97. The van der Waals surface area contributed by atoms with Crippen LogP contribution in [0, 0.1) is 10.1 Å². The van der Waals surface area contributed by atoms with E-state index in [1.807, 2.05) is 0 Å². The Balaban J connectivity index is 2.40. The summed E-state index contributed by atoms with van der Waals surface area (Å²) >= 11 is 0. The summed E-state index contributed by atoms with van der Waals surface area (Å²) in [6.07, 6.45) is 1.19. The first kappa shape index (κ1) is 13.4. The molecular formula is C12H11N5O3. The summed E-state index contributed by atoms with van der Waals surface area (Å²) in [5, 5.41) is 10.6. The van der Waals surface area contributed by atoms with Gasteiger partial charge >= 0.3 is 0 Å². The van der Waals surface area contributed by atoms with Crippen LogP contribution in [0.3, 0.4) is 0 Å². The molecule has 0 aliphatic heterocycles. The van der Waals surface area contributed by atoms with Crippen LogP contribution in [-0.4, -0.2) is 20.6 Å². The number of nitro groups is 1. The average molecular weight is 273 g/mol. The molecule has 3 N–H and O–H groups in total. The molecule has 0 fully saturated rings. The number of hydrogen-bond acceptors (Lipinski definition) is 6. The number of nitrogen functional groups attached to an aromatic ring is 1. The molecule has 102 valence electrons. The van der Waals surface area contributed by atoms with Gasteiger partial charge < -0.3 is 10.7 Å². The molecular weight excluding hydrogens is 262 g/mol. The molecule has 0 bridgehead atoms. The second-order valence-electron chi connectivity index (χ2n) is 3.97. The number of rotatable bonds is 3. The number of non-ortho nitro benzene ring substituents is 1. The number of anilines is 1. The summed E-state index contributed by atoms with van der Waals surface area (Å²) in [7, 11) is 0. The topological polar surface area (TPSA) is 127 Å². The van der Waals surface area contributed by atoms with Crippen LogP contribution < -0.4 is 11.3 Å². The summed E-state index contributed by atoms with van der Waals surface area (Å²) in [6, 6.07) is 5.84. The summed E-state index contributed by atoms with van der Waals surface area (Å²) in [6.45, 7) is 1.67. The van der Waals surface area contributed by atoms with Crippen LogP contribution in [0.1, 0.15) is 12.5 Å². The van der Waals surface area contributed by atoms with E-state index in [9.17, 15) is 14.9 Å². The van der Waals surface area contributed by atoms with Crippen molar-refractivity contribution in [3.8, 4) is 0 Å². The number of benzene rings is 1. The first-order valence-corrected chi connectivity index (χ1v) is 5.62. The zero-order valence-corrected chi connectivity index (χ0v) is 10.5. The lowest BCUT2D eigenvalue weighted by molar-refractivity contribution is -0.384. The summed E-state index contributed by atoms with van der Waals surface area (Å²) in [5.41, 5.74) is 6.30. The van der Waals surface area contributed by atoms with Gasteiger partial charge in [0.2, 0.25) is 0 Å². The molecule has 8 heteroatoms. The Kier molecular flexibility index (Phi) is 3.56. The fourth-order valence-corrected chi connectivity index (χ4v) is 1.57. The van der Waals surface area contributed by atoms with Gasteiger partial charge in [-0.25, -0.2) is 9.98 Å². The van der Waals surface area contributed by atoms with Crippen molar-refractivity contribution in [3.63, 3.8) is 0 Å². The number of aromatic amines is 1. The molecule has 2 rings (SSSR count). The van der Waals surface area contributed by atoms with Gasteiger partial charge in [0.05, 0.1) is 11.3 Å². The standard InChI is InChI=1S/C12H11N5O3/c1-7(8-2-4-9(5-3-8)17(19)20)16-10-11(13)14-6-15-12(10)18/h2-6H,1H3,(H3,13,14,15,18). The van der Waals surface area contributed by atoms with Gasteiger partial charge in [-0.15, -0.1) is 0 Å². The molecule has 1 aromatic heterocycles. The first-order valence-electron chi connectivity index (χ1n) is 5.62. The van der Waals surface area contributed by atoms with Crippen molar-refractivity contribution in [2.75, 3.05) is 5.73 Å². The van der Waals surface area contributed by atoms with Gasteiger partial charge in [0.25, 0.3) is 11.2 Å². The molecule has 0 atom stereocenters. The van der Waals surface area contributed by atoms with Crippen molar-refractivity contribution >= 4 is 22.9 Å². The summed E-state index contributed by atoms with van der Waals surface area (Å²) in [4.78, 5) is 31.9. The maximum Gasteiger partial charge on any atom is 0.278 e. The number of aliphatic imine (C=N–C) groups is 1. The van der Waals surface area contributed by atoms with Gasteiger partial charge in [0, 0.05) is 17.8 Å². The van der Waals surface area contributed by atoms with Gasteiger partial charge in [-0.05, 0) is 24.6 Å². The predicted octanol–water partition coefficient (Wildman–Crippen LogP) is 1.40. The second kappa shape index (κ2) is 5.31. The highest BCUT2D eigenvalue weighted by Crippen LogP contribution is 2.16. The smallest absolute Gasteiger partial charge is 0.278 e. The Bertz CT molecular complexity index is 734. The number of aromatic nitrogens is 2. The van der Waals surface area contributed by atoms with Crippen LogP contribution >= 0.6 is 0 Å². The van der Waals surface area contributed by atoms with Crippen LogP contribution in [-0.2, 0) is 0 Å².